The van der Waals surface area contributed by atoms with Gasteiger partial charge in [0.05, 0.1) is 7.11 Å². The molecule has 0 amide bonds. The molecule has 2 aromatic rings. The first-order chi connectivity index (χ1) is 8.26. The Morgan fingerprint density at radius 1 is 1.06 bits per heavy atom. The molecule has 0 unspecified atom stereocenters. The van der Waals surface area contributed by atoms with Gasteiger partial charge in [-0.3, -0.25) is 0 Å². The lowest BCUT2D eigenvalue weighted by atomic mass is 9.76. The van der Waals surface area contributed by atoms with Crippen LogP contribution in [0.5, 0.6) is 5.75 Å². The first kappa shape index (κ1) is 10.6. The molecule has 2 N–H and O–H groups in total. The van der Waals surface area contributed by atoms with Crippen LogP contribution in [0.1, 0.15) is 24.3 Å². The van der Waals surface area contributed by atoms with Gasteiger partial charge in [-0.05, 0) is 47.2 Å². The van der Waals surface area contributed by atoms with Gasteiger partial charge >= 0.3 is 0 Å². The molecule has 0 bridgehead atoms. The highest BCUT2D eigenvalue weighted by molar-refractivity contribution is 5.84. The molecule has 0 radical (unpaired) electrons. The summed E-state index contributed by atoms with van der Waals surface area (Å²) in [6.45, 7) is 0. The second-order valence-corrected chi connectivity index (χ2v) is 4.90. The van der Waals surface area contributed by atoms with E-state index in [0.717, 1.165) is 18.6 Å². The summed E-state index contributed by atoms with van der Waals surface area (Å²) in [4.78, 5) is 0. The summed E-state index contributed by atoms with van der Waals surface area (Å²) in [5, 5.41) is 2.51. The quantitative estimate of drug-likeness (QED) is 0.855. The van der Waals surface area contributed by atoms with Crippen molar-refractivity contribution in [2.24, 2.45) is 5.73 Å². The molecule has 3 rings (SSSR count). The van der Waals surface area contributed by atoms with E-state index in [9.17, 15) is 0 Å². The van der Waals surface area contributed by atoms with Crippen LogP contribution < -0.4 is 10.5 Å². The van der Waals surface area contributed by atoms with Crippen molar-refractivity contribution < 1.29 is 4.74 Å². The maximum atomic E-state index is 5.84. The van der Waals surface area contributed by atoms with Crippen molar-refractivity contribution in [3.8, 4) is 5.75 Å². The Balaban J connectivity index is 1.96. The highest BCUT2D eigenvalue weighted by Crippen LogP contribution is 2.37. The summed E-state index contributed by atoms with van der Waals surface area (Å²) in [7, 11) is 1.70. The second-order valence-electron chi connectivity index (χ2n) is 4.90. The number of nitrogens with two attached hydrogens (primary N) is 1. The van der Waals surface area contributed by atoms with Gasteiger partial charge in [-0.2, -0.15) is 0 Å². The Kier molecular flexibility index (Phi) is 2.52. The fourth-order valence-corrected chi connectivity index (χ4v) is 2.56. The van der Waals surface area contributed by atoms with Crippen LogP contribution in [-0.4, -0.2) is 13.2 Å². The fourth-order valence-electron chi connectivity index (χ4n) is 2.56. The fraction of sp³-hybridized carbons (Fsp3) is 0.333. The summed E-state index contributed by atoms with van der Waals surface area (Å²) >= 11 is 0. The van der Waals surface area contributed by atoms with Gasteiger partial charge in [0, 0.05) is 6.04 Å². The number of rotatable bonds is 2. The molecule has 1 saturated carbocycles. The highest BCUT2D eigenvalue weighted by Gasteiger charge is 2.27. The van der Waals surface area contributed by atoms with Gasteiger partial charge in [-0.15, -0.1) is 0 Å². The third kappa shape index (κ3) is 1.89. The summed E-state index contributed by atoms with van der Waals surface area (Å²) in [5.74, 6) is 1.58. The molecule has 17 heavy (non-hydrogen) atoms. The van der Waals surface area contributed by atoms with Crippen LogP contribution in [0.4, 0.5) is 0 Å². The Morgan fingerprint density at radius 3 is 2.47 bits per heavy atom. The molecule has 0 aliphatic heterocycles. The normalized spacial score (nSPS) is 23.4. The number of hydrogen-bond donors (Lipinski definition) is 1. The Hall–Kier alpha value is -1.54. The minimum atomic E-state index is 0.409. The zero-order chi connectivity index (χ0) is 11.8. The number of benzene rings is 2. The predicted octanol–water partition coefficient (Wildman–Crippen LogP) is 3.05. The van der Waals surface area contributed by atoms with Crippen molar-refractivity contribution in [1.82, 2.24) is 0 Å². The summed E-state index contributed by atoms with van der Waals surface area (Å²) in [5.41, 5.74) is 7.26. The molecule has 2 nitrogen and oxygen atoms in total. The van der Waals surface area contributed by atoms with Crippen LogP contribution in [-0.2, 0) is 0 Å². The van der Waals surface area contributed by atoms with E-state index in [1.54, 1.807) is 7.11 Å². The zero-order valence-corrected chi connectivity index (χ0v) is 10.0. The predicted molar refractivity (Wildman–Crippen MR) is 70.5 cm³/mol. The second kappa shape index (κ2) is 4.04. The Labute approximate surface area is 101 Å². The number of hydrogen-bond acceptors (Lipinski definition) is 2. The van der Waals surface area contributed by atoms with E-state index in [1.807, 2.05) is 6.07 Å². The third-order valence-electron chi connectivity index (χ3n) is 3.72. The Bertz CT molecular complexity index is 544. The molecule has 0 aromatic heterocycles. The van der Waals surface area contributed by atoms with Crippen LogP contribution in [0.15, 0.2) is 36.4 Å². The minimum absolute atomic E-state index is 0.409. The SMILES string of the molecule is COc1ccc2cc(C3CC(N)C3)ccc2c1. The average molecular weight is 227 g/mol. The first-order valence-corrected chi connectivity index (χ1v) is 6.09. The Morgan fingerprint density at radius 2 is 1.76 bits per heavy atom. The molecule has 1 fully saturated rings. The molecule has 0 atom stereocenters. The lowest BCUT2D eigenvalue weighted by Crippen LogP contribution is -2.34. The standard InChI is InChI=1S/C15H17NO/c1-17-15-5-4-10-6-11(2-3-12(10)9-15)13-7-14(16)8-13/h2-6,9,13-14H,7-8,16H2,1H3. The summed E-state index contributed by atoms with van der Waals surface area (Å²) < 4.78 is 5.23. The molecular weight excluding hydrogens is 210 g/mol. The maximum absolute atomic E-state index is 5.84. The van der Waals surface area contributed by atoms with Crippen molar-refractivity contribution in [2.75, 3.05) is 7.11 Å². The molecule has 0 heterocycles. The molecule has 2 heteroatoms. The van der Waals surface area contributed by atoms with Crippen molar-refractivity contribution >= 4 is 10.8 Å². The number of methoxy groups -OCH3 is 1. The van der Waals surface area contributed by atoms with Crippen molar-refractivity contribution in [2.45, 2.75) is 24.8 Å². The van der Waals surface area contributed by atoms with E-state index in [2.05, 4.69) is 30.3 Å². The van der Waals surface area contributed by atoms with Gasteiger partial charge in [0.15, 0.2) is 0 Å². The summed E-state index contributed by atoms with van der Waals surface area (Å²) in [6.07, 6.45) is 2.25. The van der Waals surface area contributed by atoms with Crippen LogP contribution in [0.2, 0.25) is 0 Å². The van der Waals surface area contributed by atoms with Gasteiger partial charge in [-0.1, -0.05) is 24.3 Å². The molecule has 88 valence electrons. The monoisotopic (exact) mass is 227 g/mol. The smallest absolute Gasteiger partial charge is 0.119 e. The van der Waals surface area contributed by atoms with Gasteiger partial charge in [0.2, 0.25) is 0 Å². The number of ether oxygens (including phenoxy) is 1. The minimum Gasteiger partial charge on any atom is -0.497 e. The van der Waals surface area contributed by atoms with Gasteiger partial charge in [0.25, 0.3) is 0 Å². The van der Waals surface area contributed by atoms with Crippen LogP contribution in [0, 0.1) is 0 Å². The van der Waals surface area contributed by atoms with Crippen LogP contribution in [0.25, 0.3) is 10.8 Å². The average Bonchev–Trinajstić information content (AvgIpc) is 2.34. The topological polar surface area (TPSA) is 35.2 Å². The van der Waals surface area contributed by atoms with E-state index in [0.29, 0.717) is 12.0 Å². The van der Waals surface area contributed by atoms with Gasteiger partial charge in [0.1, 0.15) is 5.75 Å². The third-order valence-corrected chi connectivity index (χ3v) is 3.72. The maximum Gasteiger partial charge on any atom is 0.119 e. The summed E-state index contributed by atoms with van der Waals surface area (Å²) in [6, 6.07) is 13.3. The molecule has 1 aliphatic carbocycles. The van der Waals surface area contributed by atoms with Crippen LogP contribution in [0.3, 0.4) is 0 Å². The van der Waals surface area contributed by atoms with Crippen LogP contribution >= 0.6 is 0 Å². The lowest BCUT2D eigenvalue weighted by Gasteiger charge is -2.32. The van der Waals surface area contributed by atoms with Crippen molar-refractivity contribution in [3.05, 3.63) is 42.0 Å². The van der Waals surface area contributed by atoms with Crippen molar-refractivity contribution in [3.63, 3.8) is 0 Å². The lowest BCUT2D eigenvalue weighted by molar-refractivity contribution is 0.352. The van der Waals surface area contributed by atoms with Gasteiger partial charge < -0.3 is 10.5 Å². The van der Waals surface area contributed by atoms with E-state index in [-0.39, 0.29) is 0 Å². The zero-order valence-electron chi connectivity index (χ0n) is 10.0. The largest absolute Gasteiger partial charge is 0.497 e. The van der Waals surface area contributed by atoms with E-state index >= 15 is 0 Å². The van der Waals surface area contributed by atoms with Gasteiger partial charge in [-0.25, -0.2) is 0 Å². The molecule has 0 saturated heterocycles. The van der Waals surface area contributed by atoms with Crippen molar-refractivity contribution in [1.29, 1.82) is 0 Å². The van der Waals surface area contributed by atoms with E-state index < -0.39 is 0 Å². The first-order valence-electron chi connectivity index (χ1n) is 6.09. The highest BCUT2D eigenvalue weighted by atomic mass is 16.5. The molecule has 2 aromatic carbocycles. The molecule has 1 aliphatic rings. The van der Waals surface area contributed by atoms with E-state index in [4.69, 9.17) is 10.5 Å². The molecular formula is C15H17NO. The van der Waals surface area contributed by atoms with E-state index in [1.165, 1.54) is 16.3 Å². The molecule has 0 spiro atoms. The number of fused-ring (bicyclic) bond motifs is 1.